The Morgan fingerprint density at radius 3 is 2.50 bits per heavy atom. The van der Waals surface area contributed by atoms with E-state index in [0.717, 1.165) is 19.8 Å². The second-order valence-electron chi connectivity index (χ2n) is 3.95. The third-order valence-corrected chi connectivity index (χ3v) is 2.73. The lowest BCUT2D eigenvalue weighted by Crippen LogP contribution is -2.42. The highest BCUT2D eigenvalue weighted by atomic mass is 16.5. The Morgan fingerprint density at radius 1 is 1.33 bits per heavy atom. The lowest BCUT2D eigenvalue weighted by Gasteiger charge is -2.41. The normalized spacial score (nSPS) is 20.5. The molecule has 1 N–H and O–H groups in total. The number of rotatable bonds is 6. The summed E-state index contributed by atoms with van der Waals surface area (Å²) in [4.78, 5) is 0. The number of hydrogen-bond acceptors (Lipinski definition) is 2. The molecule has 0 atom stereocenters. The van der Waals surface area contributed by atoms with E-state index in [1.54, 1.807) is 0 Å². The van der Waals surface area contributed by atoms with Gasteiger partial charge in [0.2, 0.25) is 0 Å². The molecule has 0 spiro atoms. The van der Waals surface area contributed by atoms with Crippen LogP contribution in [-0.4, -0.2) is 26.8 Å². The maximum atomic E-state index is 5.30. The minimum atomic E-state index is 0.561. The first-order chi connectivity index (χ1) is 5.83. The highest BCUT2D eigenvalue weighted by molar-refractivity contribution is 4.85. The van der Waals surface area contributed by atoms with Crippen molar-refractivity contribution in [1.29, 1.82) is 0 Å². The molecule has 0 aromatic heterocycles. The van der Waals surface area contributed by atoms with Gasteiger partial charge in [0.1, 0.15) is 0 Å². The average Bonchev–Trinajstić information content (AvgIpc) is 2.00. The zero-order valence-electron chi connectivity index (χ0n) is 8.36. The van der Waals surface area contributed by atoms with Crippen molar-refractivity contribution in [3.63, 3.8) is 0 Å². The minimum absolute atomic E-state index is 0.561. The van der Waals surface area contributed by atoms with Crippen LogP contribution in [-0.2, 0) is 4.74 Å². The van der Waals surface area contributed by atoms with Crippen LogP contribution in [0, 0.1) is 5.41 Å². The van der Waals surface area contributed by atoms with Gasteiger partial charge < -0.3 is 10.1 Å². The molecule has 0 saturated carbocycles. The van der Waals surface area contributed by atoms with E-state index in [1.807, 2.05) is 7.05 Å². The molecule has 0 aromatic rings. The monoisotopic (exact) mass is 171 g/mol. The number of ether oxygens (including phenoxy) is 1. The molecule has 72 valence electrons. The summed E-state index contributed by atoms with van der Waals surface area (Å²) in [5.74, 6) is 0. The summed E-state index contributed by atoms with van der Waals surface area (Å²) in [5.41, 5.74) is 0.561. The molecule has 0 unspecified atom stereocenters. The molecule has 0 amide bonds. The van der Waals surface area contributed by atoms with E-state index in [2.05, 4.69) is 12.2 Å². The van der Waals surface area contributed by atoms with Crippen molar-refractivity contribution in [3.05, 3.63) is 0 Å². The number of hydrogen-bond donors (Lipinski definition) is 1. The predicted octanol–water partition coefficient (Wildman–Crippen LogP) is 1.80. The summed E-state index contributed by atoms with van der Waals surface area (Å²) < 4.78 is 5.30. The molecule has 12 heavy (non-hydrogen) atoms. The van der Waals surface area contributed by atoms with Gasteiger partial charge in [-0.25, -0.2) is 0 Å². The standard InChI is InChI=1S/C10H21NO/c1-3-5-10(8-12-9-10)6-4-7-11-2/h11H,3-9H2,1-2H3. The first kappa shape index (κ1) is 10.0. The Kier molecular flexibility index (Phi) is 4.02. The lowest BCUT2D eigenvalue weighted by molar-refractivity contribution is -0.122. The topological polar surface area (TPSA) is 21.3 Å². The summed E-state index contributed by atoms with van der Waals surface area (Å²) >= 11 is 0. The Morgan fingerprint density at radius 2 is 2.08 bits per heavy atom. The Hall–Kier alpha value is -0.0800. The van der Waals surface area contributed by atoms with Gasteiger partial charge in [0, 0.05) is 5.41 Å². The van der Waals surface area contributed by atoms with Crippen LogP contribution in [0.3, 0.4) is 0 Å². The van der Waals surface area contributed by atoms with Crippen LogP contribution in [0.4, 0.5) is 0 Å². The van der Waals surface area contributed by atoms with Crippen molar-refractivity contribution in [2.45, 2.75) is 32.6 Å². The van der Waals surface area contributed by atoms with E-state index in [4.69, 9.17) is 4.74 Å². The van der Waals surface area contributed by atoms with Gasteiger partial charge in [-0.2, -0.15) is 0 Å². The fraction of sp³-hybridized carbons (Fsp3) is 1.00. The van der Waals surface area contributed by atoms with Gasteiger partial charge in [0.25, 0.3) is 0 Å². The molecule has 1 aliphatic heterocycles. The minimum Gasteiger partial charge on any atom is -0.380 e. The molecule has 0 aliphatic carbocycles. The zero-order chi connectivity index (χ0) is 8.86. The molecule has 1 fully saturated rings. The van der Waals surface area contributed by atoms with Crippen LogP contribution in [0.25, 0.3) is 0 Å². The SMILES string of the molecule is CCCC1(CCCNC)COC1. The molecule has 1 aliphatic rings. The smallest absolute Gasteiger partial charge is 0.0544 e. The van der Waals surface area contributed by atoms with Crippen LogP contribution in [0.15, 0.2) is 0 Å². The average molecular weight is 171 g/mol. The van der Waals surface area contributed by atoms with E-state index < -0.39 is 0 Å². The summed E-state index contributed by atoms with van der Waals surface area (Å²) in [6.07, 6.45) is 5.27. The first-order valence-electron chi connectivity index (χ1n) is 5.05. The molecule has 2 heteroatoms. The van der Waals surface area contributed by atoms with Gasteiger partial charge in [-0.1, -0.05) is 13.3 Å². The summed E-state index contributed by atoms with van der Waals surface area (Å²) in [7, 11) is 2.02. The third kappa shape index (κ3) is 2.46. The largest absolute Gasteiger partial charge is 0.380 e. The number of nitrogens with one attached hydrogen (secondary N) is 1. The molecule has 2 nitrogen and oxygen atoms in total. The molecule has 1 saturated heterocycles. The molecule has 0 bridgehead atoms. The first-order valence-corrected chi connectivity index (χ1v) is 5.05. The van der Waals surface area contributed by atoms with Gasteiger partial charge in [-0.15, -0.1) is 0 Å². The van der Waals surface area contributed by atoms with Crippen molar-refractivity contribution in [3.8, 4) is 0 Å². The fourth-order valence-electron chi connectivity index (χ4n) is 1.97. The lowest BCUT2D eigenvalue weighted by atomic mass is 9.77. The Bertz CT molecular complexity index is 121. The van der Waals surface area contributed by atoms with Crippen LogP contribution < -0.4 is 5.32 Å². The Balaban J connectivity index is 2.15. The maximum absolute atomic E-state index is 5.30. The maximum Gasteiger partial charge on any atom is 0.0544 e. The van der Waals surface area contributed by atoms with Gasteiger partial charge in [-0.3, -0.25) is 0 Å². The highest BCUT2D eigenvalue weighted by Crippen LogP contribution is 2.37. The zero-order valence-corrected chi connectivity index (χ0v) is 8.36. The third-order valence-electron chi connectivity index (χ3n) is 2.73. The second kappa shape index (κ2) is 4.83. The summed E-state index contributed by atoms with van der Waals surface area (Å²) in [6, 6.07) is 0. The van der Waals surface area contributed by atoms with E-state index >= 15 is 0 Å². The summed E-state index contributed by atoms with van der Waals surface area (Å²) in [5, 5.41) is 3.19. The molecule has 1 rings (SSSR count). The van der Waals surface area contributed by atoms with Gasteiger partial charge >= 0.3 is 0 Å². The second-order valence-corrected chi connectivity index (χ2v) is 3.95. The van der Waals surface area contributed by atoms with Crippen molar-refractivity contribution >= 4 is 0 Å². The molecule has 0 aromatic carbocycles. The van der Waals surface area contributed by atoms with Crippen LogP contribution in [0.2, 0.25) is 0 Å². The molecular weight excluding hydrogens is 150 g/mol. The van der Waals surface area contributed by atoms with Crippen LogP contribution in [0.1, 0.15) is 32.6 Å². The van der Waals surface area contributed by atoms with E-state index in [0.29, 0.717) is 5.41 Å². The fourth-order valence-corrected chi connectivity index (χ4v) is 1.97. The quantitative estimate of drug-likeness (QED) is 0.615. The van der Waals surface area contributed by atoms with Gasteiger partial charge in [-0.05, 0) is 32.9 Å². The van der Waals surface area contributed by atoms with Crippen LogP contribution >= 0.6 is 0 Å². The molecule has 0 radical (unpaired) electrons. The van der Waals surface area contributed by atoms with Gasteiger partial charge in [0.05, 0.1) is 13.2 Å². The van der Waals surface area contributed by atoms with Crippen molar-refractivity contribution in [2.75, 3.05) is 26.8 Å². The van der Waals surface area contributed by atoms with Crippen molar-refractivity contribution in [1.82, 2.24) is 5.32 Å². The Labute approximate surface area is 75.7 Å². The van der Waals surface area contributed by atoms with Gasteiger partial charge in [0.15, 0.2) is 0 Å². The summed E-state index contributed by atoms with van der Waals surface area (Å²) in [6.45, 7) is 5.42. The predicted molar refractivity (Wildman–Crippen MR) is 51.3 cm³/mol. The molecule has 1 heterocycles. The van der Waals surface area contributed by atoms with Crippen molar-refractivity contribution in [2.24, 2.45) is 5.41 Å². The van der Waals surface area contributed by atoms with Crippen LogP contribution in [0.5, 0.6) is 0 Å². The van der Waals surface area contributed by atoms with Crippen molar-refractivity contribution < 1.29 is 4.74 Å². The highest BCUT2D eigenvalue weighted by Gasteiger charge is 2.36. The van der Waals surface area contributed by atoms with E-state index in [1.165, 1.54) is 25.7 Å². The van der Waals surface area contributed by atoms with E-state index in [9.17, 15) is 0 Å². The molecular formula is C10H21NO. The van der Waals surface area contributed by atoms with E-state index in [-0.39, 0.29) is 0 Å².